The van der Waals surface area contributed by atoms with Gasteiger partial charge in [0, 0.05) is 3.57 Å². The molecule has 4 saturated carbocycles. The van der Waals surface area contributed by atoms with Gasteiger partial charge in [0.1, 0.15) is 17.3 Å². The van der Waals surface area contributed by atoms with Crippen molar-refractivity contribution in [2.24, 2.45) is 17.3 Å². The van der Waals surface area contributed by atoms with E-state index in [1.165, 1.54) is 30.3 Å². The highest BCUT2D eigenvalue weighted by atomic mass is 127. The summed E-state index contributed by atoms with van der Waals surface area (Å²) in [4.78, 5) is 25.4. The van der Waals surface area contributed by atoms with Crippen LogP contribution in [0, 0.1) is 20.8 Å². The number of halogens is 1. The predicted octanol–water partition coefficient (Wildman–Crippen LogP) is 3.32. The molecule has 0 spiro atoms. The van der Waals surface area contributed by atoms with E-state index in [1.54, 1.807) is 40.8 Å². The molecule has 4 bridgehead atoms. The number of esters is 1. The van der Waals surface area contributed by atoms with Gasteiger partial charge in [-0.15, -0.1) is 0 Å². The van der Waals surface area contributed by atoms with Crippen LogP contribution in [-0.4, -0.2) is 58.7 Å². The number of hydrogen-bond donors (Lipinski definition) is 2. The number of carbonyl (C=O) groups excluding carboxylic acids is 2. The van der Waals surface area contributed by atoms with Crippen LogP contribution in [0.2, 0.25) is 0 Å². The number of carbonyl (C=O) groups is 2. The van der Waals surface area contributed by atoms with Crippen molar-refractivity contribution < 1.29 is 45.2 Å². The summed E-state index contributed by atoms with van der Waals surface area (Å²) < 4.78 is 77.0. The third-order valence-corrected chi connectivity index (χ3v) is 11.6. The van der Waals surface area contributed by atoms with E-state index in [0.717, 1.165) is 19.3 Å². The molecular formula is C27H30INO10S2. The number of hydrogen-bond acceptors (Lipinski definition) is 9. The van der Waals surface area contributed by atoms with E-state index < -0.39 is 49.6 Å². The fraction of sp³-hybridized carbons (Fsp3) is 0.481. The number of ether oxygens (including phenoxy) is 3. The zero-order valence-electron chi connectivity index (χ0n) is 22.0. The number of sulfonamides is 1. The van der Waals surface area contributed by atoms with Crippen LogP contribution in [0.3, 0.4) is 0 Å². The molecule has 2 unspecified atom stereocenters. The summed E-state index contributed by atoms with van der Waals surface area (Å²) >= 11 is 1.74. The molecule has 2 atom stereocenters. The zero-order chi connectivity index (χ0) is 29.5. The molecule has 4 aliphatic rings. The van der Waals surface area contributed by atoms with Crippen molar-refractivity contribution >= 4 is 54.6 Å². The topological polar surface area (TPSA) is 162 Å². The molecule has 4 fully saturated rings. The normalized spacial score (nSPS) is 26.9. The first kappa shape index (κ1) is 30.2. The molecule has 41 heavy (non-hydrogen) atoms. The Morgan fingerprint density at radius 2 is 1.66 bits per heavy atom. The highest BCUT2D eigenvalue weighted by Gasteiger charge is 2.61. The summed E-state index contributed by atoms with van der Waals surface area (Å²) in [6.07, 6.45) is 4.21. The Kier molecular flexibility index (Phi) is 8.42. The monoisotopic (exact) mass is 719 g/mol. The van der Waals surface area contributed by atoms with Crippen molar-refractivity contribution in [3.05, 3.63) is 52.1 Å². The van der Waals surface area contributed by atoms with Gasteiger partial charge in [0.2, 0.25) is 5.91 Å². The summed E-state index contributed by atoms with van der Waals surface area (Å²) in [7, 11) is -8.35. The molecule has 6 rings (SSSR count). The van der Waals surface area contributed by atoms with Crippen molar-refractivity contribution in [2.45, 2.75) is 53.9 Å². The van der Waals surface area contributed by atoms with E-state index in [1.807, 2.05) is 0 Å². The molecule has 0 heterocycles. The van der Waals surface area contributed by atoms with Crippen molar-refractivity contribution in [3.63, 3.8) is 0 Å². The lowest BCUT2D eigenvalue weighted by molar-refractivity contribution is -0.200. The Hall–Kier alpha value is -2.27. The summed E-state index contributed by atoms with van der Waals surface area (Å²) in [5.74, 6) is -0.373. The van der Waals surface area contributed by atoms with Crippen LogP contribution in [-0.2, 0) is 39.2 Å². The van der Waals surface area contributed by atoms with Crippen LogP contribution in [0.15, 0.2) is 58.3 Å². The van der Waals surface area contributed by atoms with E-state index >= 15 is 0 Å². The molecule has 222 valence electrons. The van der Waals surface area contributed by atoms with Crippen LogP contribution in [0.25, 0.3) is 0 Å². The molecule has 4 aliphatic carbocycles. The Morgan fingerprint density at radius 3 is 2.29 bits per heavy atom. The van der Waals surface area contributed by atoms with Crippen LogP contribution in [0.1, 0.15) is 38.5 Å². The molecule has 11 nitrogen and oxygen atoms in total. The molecule has 0 radical (unpaired) electrons. The number of rotatable bonds is 11. The average Bonchev–Trinajstić information content (AvgIpc) is 2.89. The van der Waals surface area contributed by atoms with E-state index in [2.05, 4.69) is 4.72 Å². The summed E-state index contributed by atoms with van der Waals surface area (Å²) in [6.45, 7) is -0.317. The van der Waals surface area contributed by atoms with Gasteiger partial charge in [0.05, 0.1) is 22.5 Å². The molecule has 2 aromatic rings. The molecule has 0 saturated heterocycles. The van der Waals surface area contributed by atoms with E-state index in [-0.39, 0.29) is 44.2 Å². The van der Waals surface area contributed by atoms with Gasteiger partial charge in [-0.2, -0.15) is 8.42 Å². The molecule has 1 amide bonds. The first-order chi connectivity index (χ1) is 19.3. The smallest absolute Gasteiger partial charge is 0.344 e. The minimum atomic E-state index is -4.36. The van der Waals surface area contributed by atoms with Gasteiger partial charge in [-0.05, 0) is 103 Å². The van der Waals surface area contributed by atoms with Gasteiger partial charge in [-0.1, -0.05) is 18.2 Å². The number of benzene rings is 2. The zero-order valence-corrected chi connectivity index (χ0v) is 25.7. The second kappa shape index (κ2) is 11.4. The maximum absolute atomic E-state index is 13.5. The second-order valence-electron chi connectivity index (χ2n) is 11.1. The number of nitrogens with one attached hydrogen (secondary N) is 1. The van der Waals surface area contributed by atoms with Gasteiger partial charge in [0.25, 0.3) is 20.1 Å². The van der Waals surface area contributed by atoms with E-state index in [0.29, 0.717) is 19.3 Å². The highest BCUT2D eigenvalue weighted by Crippen LogP contribution is 2.63. The molecule has 2 N–H and O–H groups in total. The van der Waals surface area contributed by atoms with Gasteiger partial charge in [-0.25, -0.2) is 17.9 Å². The van der Waals surface area contributed by atoms with E-state index in [9.17, 15) is 31.0 Å². The Balaban J connectivity index is 1.13. The van der Waals surface area contributed by atoms with Crippen molar-refractivity contribution in [1.29, 1.82) is 0 Å². The minimum Gasteiger partial charge on any atom is -0.482 e. The summed E-state index contributed by atoms with van der Waals surface area (Å²) in [5.41, 5.74) is -1.40. The lowest BCUT2D eigenvalue weighted by Gasteiger charge is -2.60. The Morgan fingerprint density at radius 1 is 0.976 bits per heavy atom. The fourth-order valence-corrected chi connectivity index (χ4v) is 9.84. The largest absolute Gasteiger partial charge is 0.482 e. The van der Waals surface area contributed by atoms with Crippen LogP contribution in [0.4, 0.5) is 0 Å². The van der Waals surface area contributed by atoms with Crippen molar-refractivity contribution in [2.75, 3.05) is 19.8 Å². The van der Waals surface area contributed by atoms with E-state index in [4.69, 9.17) is 14.2 Å². The summed E-state index contributed by atoms with van der Waals surface area (Å²) in [5, 5.41) is 0. The quantitative estimate of drug-likeness (QED) is 0.153. The third-order valence-electron chi connectivity index (χ3n) is 8.06. The molecule has 0 aliphatic heterocycles. The highest BCUT2D eigenvalue weighted by molar-refractivity contribution is 14.1. The van der Waals surface area contributed by atoms with Crippen LogP contribution in [0.5, 0.6) is 5.75 Å². The molecule has 2 aromatic carbocycles. The Labute approximate surface area is 252 Å². The predicted molar refractivity (Wildman–Crippen MR) is 153 cm³/mol. The fourth-order valence-electron chi connectivity index (χ4n) is 6.88. The lowest BCUT2D eigenvalue weighted by atomic mass is 9.47. The van der Waals surface area contributed by atoms with Crippen LogP contribution >= 0.6 is 22.6 Å². The number of amides is 1. The molecular weight excluding hydrogens is 689 g/mol. The van der Waals surface area contributed by atoms with Gasteiger partial charge in [0.15, 0.2) is 6.61 Å². The minimum absolute atomic E-state index is 0.0277. The average molecular weight is 720 g/mol. The SMILES string of the molecule is O=C(COc1ccc(S(=O)(=O)O)c(I)c1)OCCOC12CC3CC(C1)CC(C(=O)NS(=O)(=O)c1ccccc1)(C3)C2. The van der Waals surface area contributed by atoms with Gasteiger partial charge in [-0.3, -0.25) is 9.35 Å². The maximum atomic E-state index is 13.5. The van der Waals surface area contributed by atoms with Crippen LogP contribution < -0.4 is 9.46 Å². The second-order valence-corrected chi connectivity index (χ2v) is 15.3. The molecule has 0 aromatic heterocycles. The maximum Gasteiger partial charge on any atom is 0.344 e. The van der Waals surface area contributed by atoms with Crippen molar-refractivity contribution in [1.82, 2.24) is 4.72 Å². The van der Waals surface area contributed by atoms with Gasteiger partial charge < -0.3 is 14.2 Å². The van der Waals surface area contributed by atoms with Gasteiger partial charge >= 0.3 is 5.97 Å². The Bertz CT molecular complexity index is 1530. The molecule has 14 heteroatoms. The lowest BCUT2D eigenvalue weighted by Crippen LogP contribution is -2.61. The third kappa shape index (κ3) is 6.71. The summed E-state index contributed by atoms with van der Waals surface area (Å²) in [6, 6.07) is 11.7. The van der Waals surface area contributed by atoms with Crippen molar-refractivity contribution in [3.8, 4) is 5.75 Å². The standard InChI is InChI=1S/C27H30INO10S2/c28-22-11-20(6-7-23(22)41(34,35)36)38-16-24(30)37-8-9-39-27-14-18-10-19(15-27)13-26(12-18,17-27)25(31)29-40(32,33)21-4-2-1-3-5-21/h1-7,11,18-19H,8-10,12-17H2,(H,29,31)(H,34,35,36). The first-order valence-corrected chi connectivity index (χ1v) is 17.1. The first-order valence-electron chi connectivity index (χ1n) is 13.1.